The standard InChI is InChI=1S/C14H17N3O2S/c1-9-7-15-4-5-17(9)14(19)10-2-3-12-11(6-10)16-13(18)8-20-12/h2-3,6,9,15H,4-5,7-8H2,1H3,(H,16,18)/t9-/m0/s1. The first-order valence-electron chi connectivity index (χ1n) is 6.73. The summed E-state index contributed by atoms with van der Waals surface area (Å²) in [5, 5.41) is 6.10. The smallest absolute Gasteiger partial charge is 0.254 e. The minimum atomic E-state index is -0.0114. The number of rotatable bonds is 1. The van der Waals surface area contributed by atoms with Crippen molar-refractivity contribution >= 4 is 29.3 Å². The van der Waals surface area contributed by atoms with Crippen molar-refractivity contribution < 1.29 is 9.59 Å². The fourth-order valence-electron chi connectivity index (χ4n) is 2.52. The van der Waals surface area contributed by atoms with Crippen molar-refractivity contribution in [2.45, 2.75) is 17.9 Å². The van der Waals surface area contributed by atoms with Gasteiger partial charge in [-0.05, 0) is 25.1 Å². The van der Waals surface area contributed by atoms with Crippen LogP contribution in [0, 0.1) is 0 Å². The Balaban J connectivity index is 1.85. The van der Waals surface area contributed by atoms with Crippen LogP contribution >= 0.6 is 11.8 Å². The molecular formula is C14H17N3O2S. The predicted octanol–water partition coefficient (Wildman–Crippen LogP) is 1.16. The minimum Gasteiger partial charge on any atom is -0.333 e. The van der Waals surface area contributed by atoms with Gasteiger partial charge in [-0.1, -0.05) is 0 Å². The number of amides is 2. The SMILES string of the molecule is C[C@H]1CNCCN1C(=O)c1ccc2c(c1)NC(=O)CS2. The second-order valence-electron chi connectivity index (χ2n) is 5.10. The third-order valence-electron chi connectivity index (χ3n) is 3.62. The Morgan fingerprint density at radius 3 is 3.10 bits per heavy atom. The van der Waals surface area contributed by atoms with Crippen LogP contribution in [-0.2, 0) is 4.79 Å². The van der Waals surface area contributed by atoms with E-state index in [9.17, 15) is 9.59 Å². The molecule has 2 aliphatic heterocycles. The number of hydrogen-bond acceptors (Lipinski definition) is 4. The van der Waals surface area contributed by atoms with E-state index in [2.05, 4.69) is 10.6 Å². The van der Waals surface area contributed by atoms with Crippen molar-refractivity contribution in [1.29, 1.82) is 0 Å². The van der Waals surface area contributed by atoms with Gasteiger partial charge in [0, 0.05) is 36.1 Å². The van der Waals surface area contributed by atoms with E-state index in [1.165, 1.54) is 11.8 Å². The Kier molecular flexibility index (Phi) is 3.67. The molecule has 3 rings (SSSR count). The van der Waals surface area contributed by atoms with Crippen LogP contribution in [0.2, 0.25) is 0 Å². The highest BCUT2D eigenvalue weighted by Crippen LogP contribution is 2.32. The highest BCUT2D eigenvalue weighted by Gasteiger charge is 2.25. The molecule has 20 heavy (non-hydrogen) atoms. The van der Waals surface area contributed by atoms with Crippen molar-refractivity contribution in [2.75, 3.05) is 30.7 Å². The topological polar surface area (TPSA) is 61.4 Å². The number of nitrogens with one attached hydrogen (secondary N) is 2. The number of piperazine rings is 1. The van der Waals surface area contributed by atoms with Crippen molar-refractivity contribution in [3.63, 3.8) is 0 Å². The van der Waals surface area contributed by atoms with E-state index in [-0.39, 0.29) is 17.9 Å². The Morgan fingerprint density at radius 2 is 2.30 bits per heavy atom. The first-order chi connectivity index (χ1) is 9.65. The predicted molar refractivity (Wildman–Crippen MR) is 79.2 cm³/mol. The Labute approximate surface area is 122 Å². The van der Waals surface area contributed by atoms with Crippen molar-refractivity contribution in [1.82, 2.24) is 10.2 Å². The Bertz CT molecular complexity index is 561. The van der Waals surface area contributed by atoms with E-state index in [0.29, 0.717) is 11.3 Å². The number of hydrogen-bond donors (Lipinski definition) is 2. The van der Waals surface area contributed by atoms with Gasteiger partial charge in [0.05, 0.1) is 11.4 Å². The van der Waals surface area contributed by atoms with Gasteiger partial charge in [-0.3, -0.25) is 9.59 Å². The molecule has 0 unspecified atom stereocenters. The molecule has 106 valence electrons. The van der Waals surface area contributed by atoms with Crippen LogP contribution in [0.4, 0.5) is 5.69 Å². The lowest BCUT2D eigenvalue weighted by molar-refractivity contribution is -0.113. The maximum absolute atomic E-state index is 12.6. The third-order valence-corrected chi connectivity index (χ3v) is 4.70. The lowest BCUT2D eigenvalue weighted by Gasteiger charge is -2.34. The molecule has 0 aliphatic carbocycles. The molecule has 0 radical (unpaired) electrons. The van der Waals surface area contributed by atoms with E-state index >= 15 is 0 Å². The van der Waals surface area contributed by atoms with Gasteiger partial charge in [0.25, 0.3) is 5.91 Å². The zero-order valence-electron chi connectivity index (χ0n) is 11.3. The lowest BCUT2D eigenvalue weighted by Crippen LogP contribution is -2.52. The third kappa shape index (κ3) is 2.53. The van der Waals surface area contributed by atoms with Gasteiger partial charge in [-0.25, -0.2) is 0 Å². The number of carbonyl (C=O) groups is 2. The maximum Gasteiger partial charge on any atom is 0.254 e. The zero-order chi connectivity index (χ0) is 14.1. The van der Waals surface area contributed by atoms with E-state index < -0.39 is 0 Å². The van der Waals surface area contributed by atoms with Gasteiger partial charge < -0.3 is 15.5 Å². The summed E-state index contributed by atoms with van der Waals surface area (Å²) < 4.78 is 0. The minimum absolute atomic E-state index is 0.0114. The summed E-state index contributed by atoms with van der Waals surface area (Å²) in [5.41, 5.74) is 1.39. The molecule has 1 saturated heterocycles. The first kappa shape index (κ1) is 13.5. The van der Waals surface area contributed by atoms with Crippen LogP contribution in [0.1, 0.15) is 17.3 Å². The van der Waals surface area contributed by atoms with Gasteiger partial charge in [0.15, 0.2) is 0 Å². The number of nitrogens with zero attached hydrogens (tertiary/aromatic N) is 1. The van der Waals surface area contributed by atoms with E-state index in [1.54, 1.807) is 6.07 Å². The summed E-state index contributed by atoms with van der Waals surface area (Å²) in [5.74, 6) is 0.462. The molecule has 1 fully saturated rings. The Hall–Kier alpha value is -1.53. The van der Waals surface area contributed by atoms with Crippen LogP contribution in [0.5, 0.6) is 0 Å². The number of fused-ring (bicyclic) bond motifs is 1. The molecule has 5 nitrogen and oxygen atoms in total. The number of anilines is 1. The summed E-state index contributed by atoms with van der Waals surface area (Å²) in [6, 6.07) is 5.74. The summed E-state index contributed by atoms with van der Waals surface area (Å²) in [7, 11) is 0. The van der Waals surface area contributed by atoms with Crippen LogP contribution in [-0.4, -0.2) is 48.1 Å². The number of benzene rings is 1. The quantitative estimate of drug-likeness (QED) is 0.815. The van der Waals surface area contributed by atoms with Crippen LogP contribution < -0.4 is 10.6 Å². The van der Waals surface area contributed by atoms with E-state index in [4.69, 9.17) is 0 Å². The molecule has 0 aromatic heterocycles. The molecule has 2 aliphatic rings. The van der Waals surface area contributed by atoms with E-state index in [1.807, 2.05) is 24.0 Å². The van der Waals surface area contributed by atoms with E-state index in [0.717, 1.165) is 30.2 Å². The fraction of sp³-hybridized carbons (Fsp3) is 0.429. The summed E-state index contributed by atoms with van der Waals surface area (Å²) >= 11 is 1.51. The van der Waals surface area contributed by atoms with Crippen molar-refractivity contribution in [3.8, 4) is 0 Å². The average molecular weight is 291 g/mol. The molecule has 1 aromatic carbocycles. The number of thioether (sulfide) groups is 1. The van der Waals surface area contributed by atoms with Crippen LogP contribution in [0.15, 0.2) is 23.1 Å². The largest absolute Gasteiger partial charge is 0.333 e. The van der Waals surface area contributed by atoms with Crippen molar-refractivity contribution in [3.05, 3.63) is 23.8 Å². The zero-order valence-corrected chi connectivity index (χ0v) is 12.1. The summed E-state index contributed by atoms with van der Waals surface area (Å²) in [4.78, 5) is 26.9. The first-order valence-corrected chi connectivity index (χ1v) is 7.72. The average Bonchev–Trinajstić information content (AvgIpc) is 2.46. The molecule has 0 bridgehead atoms. The normalized spacial score (nSPS) is 22.1. The molecule has 1 aromatic rings. The molecule has 2 heterocycles. The van der Waals surface area contributed by atoms with Crippen LogP contribution in [0.25, 0.3) is 0 Å². The van der Waals surface area contributed by atoms with Crippen LogP contribution in [0.3, 0.4) is 0 Å². The molecular weight excluding hydrogens is 274 g/mol. The molecule has 6 heteroatoms. The monoisotopic (exact) mass is 291 g/mol. The highest BCUT2D eigenvalue weighted by atomic mass is 32.2. The lowest BCUT2D eigenvalue weighted by atomic mass is 10.1. The molecule has 2 amide bonds. The molecule has 2 N–H and O–H groups in total. The number of carbonyl (C=O) groups excluding carboxylic acids is 2. The second kappa shape index (κ2) is 5.46. The van der Waals surface area contributed by atoms with Gasteiger partial charge >= 0.3 is 0 Å². The second-order valence-corrected chi connectivity index (χ2v) is 6.12. The van der Waals surface area contributed by atoms with Gasteiger partial charge in [-0.15, -0.1) is 11.8 Å². The molecule has 0 spiro atoms. The van der Waals surface area contributed by atoms with Gasteiger partial charge in [0.2, 0.25) is 5.91 Å². The maximum atomic E-state index is 12.6. The molecule has 1 atom stereocenters. The fourth-order valence-corrected chi connectivity index (χ4v) is 3.31. The summed E-state index contributed by atoms with van der Waals surface area (Å²) in [6.45, 7) is 4.41. The van der Waals surface area contributed by atoms with Crippen molar-refractivity contribution in [2.24, 2.45) is 0 Å². The highest BCUT2D eigenvalue weighted by molar-refractivity contribution is 8.00. The Morgan fingerprint density at radius 1 is 1.45 bits per heavy atom. The molecule has 0 saturated carbocycles. The summed E-state index contributed by atoms with van der Waals surface area (Å²) in [6.07, 6.45) is 0. The van der Waals surface area contributed by atoms with Gasteiger partial charge in [-0.2, -0.15) is 0 Å². The van der Waals surface area contributed by atoms with Gasteiger partial charge in [0.1, 0.15) is 0 Å².